The van der Waals surface area contributed by atoms with Gasteiger partial charge in [0.2, 0.25) is 12.3 Å². The first-order valence-electron chi connectivity index (χ1n) is 12.1. The molecule has 3 aromatic rings. The van der Waals surface area contributed by atoms with Gasteiger partial charge in [0, 0.05) is 45.1 Å². The maximum atomic E-state index is 12.7. The molecule has 4 heterocycles. The smallest absolute Gasteiger partial charge is 0.314 e. The van der Waals surface area contributed by atoms with Gasteiger partial charge in [-0.2, -0.15) is 8.78 Å². The molecule has 0 saturated carbocycles. The van der Waals surface area contributed by atoms with Gasteiger partial charge in [-0.3, -0.25) is 14.2 Å². The lowest BCUT2D eigenvalue weighted by Crippen LogP contribution is -2.49. The van der Waals surface area contributed by atoms with Crippen molar-refractivity contribution in [1.82, 2.24) is 20.5 Å². The van der Waals surface area contributed by atoms with E-state index in [4.69, 9.17) is 9.15 Å². The number of hydrogen-bond donors (Lipinski definition) is 1. The summed E-state index contributed by atoms with van der Waals surface area (Å²) in [4.78, 5) is 22.6. The number of aromatic nitrogens is 3. The molecule has 2 saturated heterocycles. The van der Waals surface area contributed by atoms with Crippen LogP contribution in [0.1, 0.15) is 18.0 Å². The predicted octanol–water partition coefficient (Wildman–Crippen LogP) is 3.06. The Hall–Kier alpha value is -3.71. The molecule has 38 heavy (non-hydrogen) atoms. The topological polar surface area (TPSA) is 99.9 Å². The Morgan fingerprint density at radius 2 is 1.89 bits per heavy atom. The van der Waals surface area contributed by atoms with E-state index in [9.17, 15) is 18.0 Å². The molecule has 204 valence electrons. The zero-order chi connectivity index (χ0) is 27.1. The van der Waals surface area contributed by atoms with Gasteiger partial charge in [-0.05, 0) is 30.3 Å². The van der Waals surface area contributed by atoms with Gasteiger partial charge in [0.05, 0.1) is 55.6 Å². The van der Waals surface area contributed by atoms with Crippen LogP contribution in [0.4, 0.5) is 30.2 Å². The summed E-state index contributed by atoms with van der Waals surface area (Å²) >= 11 is 0. The number of nitrogens with zero attached hydrogens (tertiary/aromatic N) is 6. The quantitative estimate of drug-likeness (QED) is 0.416. The van der Waals surface area contributed by atoms with E-state index < -0.39 is 12.3 Å². The molecule has 0 spiro atoms. The summed E-state index contributed by atoms with van der Waals surface area (Å²) in [7, 11) is 2.44. The molecule has 0 radical (unpaired) electrons. The summed E-state index contributed by atoms with van der Waals surface area (Å²) in [6.45, 7) is 5.10. The largest absolute Gasteiger partial charge is 0.415 e. The molecule has 0 aliphatic carbocycles. The molecule has 2 aliphatic heterocycles. The van der Waals surface area contributed by atoms with Gasteiger partial charge in [0.25, 0.3) is 5.89 Å². The number of hydrogen-bond acceptors (Lipinski definition) is 9. The van der Waals surface area contributed by atoms with Gasteiger partial charge in [0.15, 0.2) is 0 Å². The van der Waals surface area contributed by atoms with E-state index in [-0.39, 0.29) is 11.9 Å². The third kappa shape index (κ3) is 6.05. The number of carbonyl (C=O) groups is 1. The monoisotopic (exact) mass is 533 g/mol. The normalized spacial score (nSPS) is 15.5. The first kappa shape index (κ1) is 27.3. The van der Waals surface area contributed by atoms with E-state index in [2.05, 4.69) is 37.5 Å². The minimum Gasteiger partial charge on any atom is -0.415 e. The third-order valence-corrected chi connectivity index (χ3v) is 6.36. The molecular weight excluding hydrogens is 503 g/mol. The van der Waals surface area contributed by atoms with E-state index in [0.29, 0.717) is 32.5 Å². The maximum absolute atomic E-state index is 12.7. The Kier molecular flexibility index (Phi) is 9.13. The molecule has 1 aromatic carbocycles. The molecule has 0 unspecified atom stereocenters. The van der Waals surface area contributed by atoms with Gasteiger partial charge in [0.1, 0.15) is 0 Å². The first-order valence-corrected chi connectivity index (χ1v) is 12.1. The van der Waals surface area contributed by atoms with Crippen molar-refractivity contribution in [2.45, 2.75) is 19.0 Å². The highest BCUT2D eigenvalue weighted by molar-refractivity contribution is 5.87. The number of piperazine rings is 1. The summed E-state index contributed by atoms with van der Waals surface area (Å²) in [5, 5.41) is 10.4. The number of ether oxygens (including phenoxy) is 1. The van der Waals surface area contributed by atoms with Crippen LogP contribution >= 0.6 is 0 Å². The second kappa shape index (κ2) is 12.7. The lowest BCUT2D eigenvalue weighted by Gasteiger charge is -2.38. The van der Waals surface area contributed by atoms with Crippen molar-refractivity contribution in [3.63, 3.8) is 0 Å². The third-order valence-electron chi connectivity index (χ3n) is 6.36. The van der Waals surface area contributed by atoms with Gasteiger partial charge in [-0.15, -0.1) is 10.2 Å². The Balaban J connectivity index is 0.00000164. The average molecular weight is 534 g/mol. The van der Waals surface area contributed by atoms with Crippen LogP contribution in [0.25, 0.3) is 11.5 Å². The highest BCUT2D eigenvalue weighted by Crippen LogP contribution is 2.35. The van der Waals surface area contributed by atoms with Crippen LogP contribution in [0.15, 0.2) is 40.9 Å². The van der Waals surface area contributed by atoms with E-state index in [1.54, 1.807) is 17.0 Å². The van der Waals surface area contributed by atoms with Crippen LogP contribution in [-0.2, 0) is 16.1 Å². The number of nitrogens with one attached hydrogen (secondary N) is 1. The number of pyridine rings is 1. The van der Waals surface area contributed by atoms with E-state index in [1.165, 1.54) is 6.20 Å². The fraction of sp³-hybridized carbons (Fsp3) is 0.440. The molecule has 13 heteroatoms. The van der Waals surface area contributed by atoms with Crippen LogP contribution in [0.3, 0.4) is 0 Å². The zero-order valence-corrected chi connectivity index (χ0v) is 21.2. The summed E-state index contributed by atoms with van der Waals surface area (Å²) in [6, 6.07) is 9.66. The number of rotatable bonds is 9. The van der Waals surface area contributed by atoms with E-state index in [1.807, 2.05) is 18.0 Å². The van der Waals surface area contributed by atoms with Crippen LogP contribution in [0, 0.1) is 0 Å². The van der Waals surface area contributed by atoms with Gasteiger partial charge < -0.3 is 29.2 Å². The Labute approximate surface area is 218 Å². The second-order valence-electron chi connectivity index (χ2n) is 8.75. The minimum atomic E-state index is -2.82. The number of halogens is 3. The predicted molar refractivity (Wildman–Crippen MR) is 136 cm³/mol. The van der Waals surface area contributed by atoms with Crippen LogP contribution in [-0.4, -0.2) is 81.3 Å². The summed E-state index contributed by atoms with van der Waals surface area (Å²) in [6.07, 6.45) is -0.437. The number of benzene rings is 1. The lowest BCUT2D eigenvalue weighted by molar-refractivity contribution is -0.110. The molecule has 0 atom stereocenters. The summed E-state index contributed by atoms with van der Waals surface area (Å²) < 4.78 is 45.3. The zero-order valence-electron chi connectivity index (χ0n) is 21.2. The van der Waals surface area contributed by atoms with Crippen LogP contribution < -0.4 is 20.0 Å². The minimum absolute atomic E-state index is 0.00198. The Morgan fingerprint density at radius 1 is 1.13 bits per heavy atom. The van der Waals surface area contributed by atoms with Crippen LogP contribution in [0.5, 0.6) is 0 Å². The molecule has 5 rings (SSSR count). The van der Waals surface area contributed by atoms with Gasteiger partial charge in [-0.25, -0.2) is 0 Å². The summed E-state index contributed by atoms with van der Waals surface area (Å²) in [5.41, 5.74) is 3.98. The van der Waals surface area contributed by atoms with Crippen molar-refractivity contribution in [2.24, 2.45) is 0 Å². The van der Waals surface area contributed by atoms with Crippen molar-refractivity contribution in [3.05, 3.63) is 48.1 Å². The Bertz CT molecular complexity index is 1190. The molecule has 1 amide bonds. The standard InChI is InChI=1S/C24H27F2N7O3.CH3F/c1-31(12-17-3-2-16(11-28-17)23-29-30-24(36-23)22(25)26)20-5-4-18(32-8-6-27-7-9-32)10-21(20)33(15-34)19-13-35-14-19;1-2/h2-5,10-11,15,19,22,27H,6-9,12-14H2,1H3;1H3. The maximum Gasteiger partial charge on any atom is 0.314 e. The number of amides is 1. The SMILES string of the molecule is CF.CN(Cc1ccc(-c2nnc(C(F)F)o2)cn1)c1ccc(N2CCNCC2)cc1N(C=O)C1COC1. The molecule has 2 aliphatic rings. The highest BCUT2D eigenvalue weighted by Gasteiger charge is 2.29. The number of alkyl halides is 3. The highest BCUT2D eigenvalue weighted by atomic mass is 19.3. The van der Waals surface area contributed by atoms with E-state index in [0.717, 1.165) is 55.3 Å². The molecular formula is C25H30F3N7O3. The van der Waals surface area contributed by atoms with Gasteiger partial charge >= 0.3 is 6.43 Å². The number of anilines is 3. The average Bonchev–Trinajstić information content (AvgIpc) is 3.43. The molecule has 1 N–H and O–H groups in total. The number of carbonyl (C=O) groups excluding carboxylic acids is 1. The van der Waals surface area contributed by atoms with E-state index >= 15 is 0 Å². The van der Waals surface area contributed by atoms with Crippen molar-refractivity contribution in [2.75, 3.05) is 68.3 Å². The Morgan fingerprint density at radius 3 is 2.47 bits per heavy atom. The van der Waals surface area contributed by atoms with Crippen molar-refractivity contribution < 1.29 is 27.1 Å². The molecule has 2 fully saturated rings. The fourth-order valence-electron chi connectivity index (χ4n) is 4.30. The second-order valence-corrected chi connectivity index (χ2v) is 8.75. The lowest BCUT2D eigenvalue weighted by atomic mass is 10.1. The van der Waals surface area contributed by atoms with Gasteiger partial charge in [-0.1, -0.05) is 0 Å². The molecule has 10 nitrogen and oxygen atoms in total. The first-order chi connectivity index (χ1) is 18.5. The van der Waals surface area contributed by atoms with Crippen molar-refractivity contribution >= 4 is 23.5 Å². The van der Waals surface area contributed by atoms with Crippen molar-refractivity contribution in [3.8, 4) is 11.5 Å². The summed E-state index contributed by atoms with van der Waals surface area (Å²) in [5.74, 6) is -0.727. The molecule has 2 aromatic heterocycles. The fourth-order valence-corrected chi connectivity index (χ4v) is 4.30. The van der Waals surface area contributed by atoms with Crippen molar-refractivity contribution in [1.29, 1.82) is 0 Å². The van der Waals surface area contributed by atoms with Crippen LogP contribution in [0.2, 0.25) is 0 Å². The molecule has 0 bridgehead atoms.